The Morgan fingerprint density at radius 2 is 2.08 bits per heavy atom. The number of hydrogen-bond donors (Lipinski definition) is 2. The Morgan fingerprint density at radius 3 is 2.79 bits per heavy atom. The van der Waals surface area contributed by atoms with Crippen molar-refractivity contribution in [1.82, 2.24) is 14.8 Å². The second-order valence-electron chi connectivity index (χ2n) is 6.58. The Morgan fingerprint density at radius 1 is 1.29 bits per heavy atom. The van der Waals surface area contributed by atoms with Gasteiger partial charge in [-0.3, -0.25) is 4.79 Å². The first-order valence-electron chi connectivity index (χ1n) is 8.93. The SMILES string of the molecule is CCc1ccc2c(c1)c(CCCN1CCNCC1)cn2CC(=O)O. The van der Waals surface area contributed by atoms with Crippen LogP contribution in [0.2, 0.25) is 0 Å². The zero-order valence-corrected chi connectivity index (χ0v) is 14.4. The highest BCUT2D eigenvalue weighted by Crippen LogP contribution is 2.24. The van der Waals surface area contributed by atoms with Crippen LogP contribution in [-0.4, -0.2) is 53.3 Å². The van der Waals surface area contributed by atoms with E-state index in [1.165, 1.54) is 16.5 Å². The topological polar surface area (TPSA) is 57.5 Å². The number of nitrogens with one attached hydrogen (secondary N) is 1. The average molecular weight is 329 g/mol. The minimum absolute atomic E-state index is 0.0275. The summed E-state index contributed by atoms with van der Waals surface area (Å²) in [5, 5.41) is 13.7. The molecule has 24 heavy (non-hydrogen) atoms. The van der Waals surface area contributed by atoms with Crippen LogP contribution in [-0.2, 0) is 24.2 Å². The van der Waals surface area contributed by atoms with Crippen LogP contribution in [0.1, 0.15) is 24.5 Å². The maximum absolute atomic E-state index is 11.1. The van der Waals surface area contributed by atoms with E-state index >= 15 is 0 Å². The van der Waals surface area contributed by atoms with E-state index in [1.807, 2.05) is 10.8 Å². The van der Waals surface area contributed by atoms with E-state index in [0.29, 0.717) is 0 Å². The van der Waals surface area contributed by atoms with Crippen molar-refractivity contribution in [3.8, 4) is 0 Å². The minimum Gasteiger partial charge on any atom is -0.480 e. The Labute approximate surface area is 143 Å². The number of carboxylic acid groups (broad SMARTS) is 1. The first-order valence-corrected chi connectivity index (χ1v) is 8.93. The Kier molecular flexibility index (Phi) is 5.53. The van der Waals surface area contributed by atoms with Gasteiger partial charge in [-0.25, -0.2) is 0 Å². The highest BCUT2D eigenvalue weighted by Gasteiger charge is 2.13. The van der Waals surface area contributed by atoms with Gasteiger partial charge < -0.3 is 19.9 Å². The van der Waals surface area contributed by atoms with E-state index in [1.54, 1.807) is 0 Å². The lowest BCUT2D eigenvalue weighted by Gasteiger charge is -2.26. The molecule has 2 heterocycles. The third-order valence-corrected chi connectivity index (χ3v) is 4.87. The van der Waals surface area contributed by atoms with Gasteiger partial charge in [0.15, 0.2) is 0 Å². The third kappa shape index (κ3) is 3.97. The predicted octanol–water partition coefficient (Wildman–Crippen LogP) is 2.13. The van der Waals surface area contributed by atoms with Crippen molar-refractivity contribution in [2.45, 2.75) is 32.7 Å². The van der Waals surface area contributed by atoms with Gasteiger partial charge in [0.2, 0.25) is 0 Å². The van der Waals surface area contributed by atoms with Gasteiger partial charge in [-0.05, 0) is 49.1 Å². The van der Waals surface area contributed by atoms with Crippen molar-refractivity contribution in [2.75, 3.05) is 32.7 Å². The molecule has 5 heteroatoms. The number of carbonyl (C=O) groups is 1. The van der Waals surface area contributed by atoms with Crippen LogP contribution in [0.15, 0.2) is 24.4 Å². The number of fused-ring (bicyclic) bond motifs is 1. The Bertz CT molecular complexity index is 702. The summed E-state index contributed by atoms with van der Waals surface area (Å²) in [5.74, 6) is -0.793. The summed E-state index contributed by atoms with van der Waals surface area (Å²) in [6.07, 6.45) is 5.15. The molecule has 0 saturated carbocycles. The Hall–Kier alpha value is -1.85. The fourth-order valence-corrected chi connectivity index (χ4v) is 3.54. The summed E-state index contributed by atoms with van der Waals surface area (Å²) in [7, 11) is 0. The van der Waals surface area contributed by atoms with Gasteiger partial charge >= 0.3 is 5.97 Å². The van der Waals surface area contributed by atoms with E-state index in [4.69, 9.17) is 5.11 Å². The van der Waals surface area contributed by atoms with Crippen molar-refractivity contribution in [2.24, 2.45) is 0 Å². The van der Waals surface area contributed by atoms with Crippen LogP contribution in [0.25, 0.3) is 10.9 Å². The van der Waals surface area contributed by atoms with Crippen molar-refractivity contribution in [3.05, 3.63) is 35.5 Å². The lowest BCUT2D eigenvalue weighted by molar-refractivity contribution is -0.137. The number of benzene rings is 1. The summed E-state index contributed by atoms with van der Waals surface area (Å²) < 4.78 is 1.87. The first-order chi connectivity index (χ1) is 11.7. The fraction of sp³-hybridized carbons (Fsp3) is 0.526. The highest BCUT2D eigenvalue weighted by atomic mass is 16.4. The van der Waals surface area contributed by atoms with E-state index in [9.17, 15) is 4.79 Å². The molecule has 0 unspecified atom stereocenters. The lowest BCUT2D eigenvalue weighted by atomic mass is 10.0. The van der Waals surface area contributed by atoms with E-state index < -0.39 is 5.97 Å². The summed E-state index contributed by atoms with van der Waals surface area (Å²) in [6.45, 7) is 7.71. The molecule has 0 spiro atoms. The van der Waals surface area contributed by atoms with Crippen LogP contribution >= 0.6 is 0 Å². The molecule has 130 valence electrons. The van der Waals surface area contributed by atoms with Gasteiger partial charge in [-0.15, -0.1) is 0 Å². The molecule has 1 fully saturated rings. The largest absolute Gasteiger partial charge is 0.480 e. The molecule has 2 N–H and O–H groups in total. The van der Waals surface area contributed by atoms with Crippen LogP contribution in [0.4, 0.5) is 0 Å². The molecule has 1 aromatic carbocycles. The van der Waals surface area contributed by atoms with Crippen molar-refractivity contribution < 1.29 is 9.90 Å². The predicted molar refractivity (Wildman–Crippen MR) is 96.6 cm³/mol. The van der Waals surface area contributed by atoms with Gasteiger partial charge in [0.25, 0.3) is 0 Å². The maximum Gasteiger partial charge on any atom is 0.323 e. The molecule has 5 nitrogen and oxygen atoms in total. The van der Waals surface area contributed by atoms with Gasteiger partial charge in [0.1, 0.15) is 6.54 Å². The zero-order chi connectivity index (χ0) is 16.9. The number of carboxylic acids is 1. The zero-order valence-electron chi connectivity index (χ0n) is 14.4. The van der Waals surface area contributed by atoms with E-state index in [0.717, 1.165) is 57.5 Å². The van der Waals surface area contributed by atoms with Crippen LogP contribution in [0, 0.1) is 0 Å². The van der Waals surface area contributed by atoms with Gasteiger partial charge in [0.05, 0.1) is 0 Å². The number of aromatic nitrogens is 1. The molecule has 1 aliphatic rings. The lowest BCUT2D eigenvalue weighted by Crippen LogP contribution is -2.43. The van der Waals surface area contributed by atoms with Gasteiger partial charge in [-0.2, -0.15) is 0 Å². The smallest absolute Gasteiger partial charge is 0.323 e. The summed E-state index contributed by atoms with van der Waals surface area (Å²) in [5.41, 5.74) is 3.61. The molecular weight excluding hydrogens is 302 g/mol. The monoisotopic (exact) mass is 329 g/mol. The number of aryl methyl sites for hydroxylation is 2. The summed E-state index contributed by atoms with van der Waals surface area (Å²) >= 11 is 0. The molecule has 0 radical (unpaired) electrons. The molecule has 1 aliphatic heterocycles. The van der Waals surface area contributed by atoms with Crippen LogP contribution < -0.4 is 5.32 Å². The normalized spacial score (nSPS) is 15.9. The molecule has 0 bridgehead atoms. The highest BCUT2D eigenvalue weighted by molar-refractivity contribution is 5.86. The van der Waals surface area contributed by atoms with E-state index in [2.05, 4.69) is 35.3 Å². The second-order valence-corrected chi connectivity index (χ2v) is 6.58. The number of nitrogens with zero attached hydrogens (tertiary/aromatic N) is 2. The first kappa shape index (κ1) is 17.0. The number of rotatable bonds is 7. The second kappa shape index (κ2) is 7.81. The van der Waals surface area contributed by atoms with Crippen molar-refractivity contribution in [3.63, 3.8) is 0 Å². The molecule has 1 aromatic heterocycles. The van der Waals surface area contributed by atoms with Crippen molar-refractivity contribution in [1.29, 1.82) is 0 Å². The molecule has 2 aromatic rings. The molecule has 3 rings (SSSR count). The molecule has 0 aliphatic carbocycles. The van der Waals surface area contributed by atoms with Crippen LogP contribution in [0.3, 0.4) is 0 Å². The minimum atomic E-state index is -0.793. The fourth-order valence-electron chi connectivity index (χ4n) is 3.54. The maximum atomic E-state index is 11.1. The van der Waals surface area contributed by atoms with Gasteiger partial charge in [-0.1, -0.05) is 13.0 Å². The average Bonchev–Trinajstić information content (AvgIpc) is 2.92. The van der Waals surface area contributed by atoms with Gasteiger partial charge in [0, 0.05) is 43.3 Å². The molecule has 0 amide bonds. The Balaban J connectivity index is 1.76. The molecular formula is C19H27N3O2. The van der Waals surface area contributed by atoms with Crippen LogP contribution in [0.5, 0.6) is 0 Å². The summed E-state index contributed by atoms with van der Waals surface area (Å²) in [6, 6.07) is 6.40. The van der Waals surface area contributed by atoms with E-state index in [-0.39, 0.29) is 6.54 Å². The quantitative estimate of drug-likeness (QED) is 0.817. The summed E-state index contributed by atoms with van der Waals surface area (Å²) in [4.78, 5) is 13.6. The van der Waals surface area contributed by atoms with Crippen molar-refractivity contribution >= 4 is 16.9 Å². The third-order valence-electron chi connectivity index (χ3n) is 4.87. The molecule has 1 saturated heterocycles. The number of hydrogen-bond acceptors (Lipinski definition) is 3. The number of aliphatic carboxylic acids is 1. The molecule has 0 atom stereocenters. The number of piperazine rings is 1. The standard InChI is InChI=1S/C19H27N3O2/c1-2-15-5-6-18-17(12-15)16(13-22(18)14-19(23)24)4-3-9-21-10-7-20-8-11-21/h5-6,12-13,20H,2-4,7-11,14H2,1H3,(H,23,24).